The minimum atomic E-state index is -2.99. The Morgan fingerprint density at radius 1 is 1.47 bits per heavy atom. The fourth-order valence-electron chi connectivity index (χ4n) is 1.50. The molecule has 0 amide bonds. The molecule has 2 aromatic heterocycles. The van der Waals surface area contributed by atoms with Crippen molar-refractivity contribution < 1.29 is 13.5 Å². The van der Waals surface area contributed by atoms with Gasteiger partial charge in [0, 0.05) is 5.69 Å². The van der Waals surface area contributed by atoms with Gasteiger partial charge in [-0.3, -0.25) is 0 Å². The summed E-state index contributed by atoms with van der Waals surface area (Å²) in [4.78, 5) is 3.90. The Morgan fingerprint density at radius 3 is 2.79 bits per heavy atom. The molecule has 0 atom stereocenters. The quantitative estimate of drug-likeness (QED) is 0.813. The van der Waals surface area contributed by atoms with Gasteiger partial charge in [-0.05, 0) is 25.1 Å². The molecule has 0 radical (unpaired) electrons. The topological polar surface area (TPSA) is 63.7 Å². The molecule has 0 aliphatic heterocycles. The number of nitriles is 1. The molecule has 0 unspecified atom stereocenters. The van der Waals surface area contributed by atoms with Crippen molar-refractivity contribution in [2.45, 2.75) is 13.5 Å². The third kappa shape index (κ3) is 2.80. The molecule has 0 saturated heterocycles. The molecule has 0 bridgehead atoms. The van der Waals surface area contributed by atoms with Gasteiger partial charge in [0.1, 0.15) is 11.2 Å². The van der Waals surface area contributed by atoms with Crippen LogP contribution in [0.5, 0.6) is 5.75 Å². The van der Waals surface area contributed by atoms with Crippen LogP contribution < -0.4 is 4.74 Å². The number of ether oxygens (including phenoxy) is 1. The van der Waals surface area contributed by atoms with Crippen molar-refractivity contribution in [3.63, 3.8) is 0 Å². The molecule has 0 aromatic carbocycles. The zero-order valence-electron chi connectivity index (χ0n) is 9.64. The largest absolute Gasteiger partial charge is 0.431 e. The van der Waals surface area contributed by atoms with Crippen molar-refractivity contribution in [2.75, 3.05) is 0 Å². The van der Waals surface area contributed by atoms with Crippen molar-refractivity contribution in [1.82, 2.24) is 14.8 Å². The van der Waals surface area contributed by atoms with Crippen molar-refractivity contribution in [3.05, 3.63) is 34.7 Å². The van der Waals surface area contributed by atoms with Gasteiger partial charge in [-0.2, -0.15) is 19.1 Å². The number of aromatic nitrogens is 3. The van der Waals surface area contributed by atoms with Gasteiger partial charge < -0.3 is 4.74 Å². The molecule has 0 saturated carbocycles. The predicted octanol–water partition coefficient (Wildman–Crippen LogP) is 2.70. The first kappa shape index (κ1) is 13.2. The average molecular weight is 285 g/mol. The Labute approximate surface area is 112 Å². The summed E-state index contributed by atoms with van der Waals surface area (Å²) in [5.41, 5.74) is 0.688. The Kier molecular flexibility index (Phi) is 3.62. The van der Waals surface area contributed by atoms with Gasteiger partial charge in [-0.1, -0.05) is 11.6 Å². The maximum Gasteiger partial charge on any atom is 0.387 e. The highest BCUT2D eigenvalue weighted by Crippen LogP contribution is 2.25. The Hall–Kier alpha value is -2.20. The number of aryl methyl sites for hydroxylation is 1. The van der Waals surface area contributed by atoms with Crippen LogP contribution in [-0.4, -0.2) is 21.4 Å². The average Bonchev–Trinajstić information content (AvgIpc) is 2.72. The Morgan fingerprint density at radius 2 is 2.21 bits per heavy atom. The van der Waals surface area contributed by atoms with E-state index in [1.807, 2.05) is 6.07 Å². The predicted molar refractivity (Wildman–Crippen MR) is 62.5 cm³/mol. The molecule has 8 heteroatoms. The standard InChI is InChI=1S/C11H7ClF2N4O/c1-6-4-7(5-15)17-18(6)10-8(19-11(13)14)2-3-9(12)16-10/h2-4,11H,1H3. The van der Waals surface area contributed by atoms with Crippen LogP contribution in [0.15, 0.2) is 18.2 Å². The molecule has 2 aromatic rings. The van der Waals surface area contributed by atoms with Crippen LogP contribution in [0.4, 0.5) is 8.78 Å². The van der Waals surface area contributed by atoms with Crippen molar-refractivity contribution in [2.24, 2.45) is 0 Å². The van der Waals surface area contributed by atoms with Crippen LogP contribution in [0.1, 0.15) is 11.4 Å². The minimum Gasteiger partial charge on any atom is -0.431 e. The SMILES string of the molecule is Cc1cc(C#N)nn1-c1nc(Cl)ccc1OC(F)F. The first-order chi connectivity index (χ1) is 9.01. The van der Waals surface area contributed by atoms with Gasteiger partial charge in [0.05, 0.1) is 0 Å². The third-order valence-corrected chi connectivity index (χ3v) is 2.43. The van der Waals surface area contributed by atoms with Gasteiger partial charge in [-0.25, -0.2) is 9.67 Å². The molecule has 19 heavy (non-hydrogen) atoms. The first-order valence-corrected chi connectivity index (χ1v) is 5.47. The molecule has 98 valence electrons. The molecule has 0 N–H and O–H groups in total. The number of alkyl halides is 2. The highest BCUT2D eigenvalue weighted by molar-refractivity contribution is 6.29. The number of pyridine rings is 1. The number of halogens is 3. The molecule has 0 fully saturated rings. The normalized spacial score (nSPS) is 10.5. The second-order valence-corrected chi connectivity index (χ2v) is 3.92. The highest BCUT2D eigenvalue weighted by Gasteiger charge is 2.16. The van der Waals surface area contributed by atoms with E-state index in [4.69, 9.17) is 16.9 Å². The smallest absolute Gasteiger partial charge is 0.387 e. The fraction of sp³-hybridized carbons (Fsp3) is 0.182. The molecule has 0 spiro atoms. The third-order valence-electron chi connectivity index (χ3n) is 2.22. The van der Waals surface area contributed by atoms with Gasteiger partial charge in [-0.15, -0.1) is 0 Å². The molecule has 0 aliphatic carbocycles. The molecule has 2 rings (SSSR count). The van der Waals surface area contributed by atoms with Gasteiger partial charge in [0.2, 0.25) is 0 Å². The van der Waals surface area contributed by atoms with E-state index >= 15 is 0 Å². The molecule has 2 heterocycles. The minimum absolute atomic E-state index is 0.00630. The number of hydrogen-bond acceptors (Lipinski definition) is 4. The fourth-order valence-corrected chi connectivity index (χ4v) is 1.64. The summed E-state index contributed by atoms with van der Waals surface area (Å²) < 4.78 is 30.2. The highest BCUT2D eigenvalue weighted by atomic mass is 35.5. The lowest BCUT2D eigenvalue weighted by molar-refractivity contribution is -0.0501. The van der Waals surface area contributed by atoms with E-state index in [2.05, 4.69) is 14.8 Å². The monoisotopic (exact) mass is 284 g/mol. The summed E-state index contributed by atoms with van der Waals surface area (Å²) in [7, 11) is 0. The van der Waals surface area contributed by atoms with E-state index in [0.29, 0.717) is 5.69 Å². The zero-order valence-corrected chi connectivity index (χ0v) is 10.4. The zero-order chi connectivity index (χ0) is 14.0. The summed E-state index contributed by atoms with van der Waals surface area (Å²) in [6.45, 7) is -1.34. The van der Waals surface area contributed by atoms with E-state index in [1.165, 1.54) is 22.9 Å². The maximum atomic E-state index is 12.3. The lowest BCUT2D eigenvalue weighted by atomic mass is 10.4. The van der Waals surface area contributed by atoms with Gasteiger partial charge >= 0.3 is 6.61 Å². The van der Waals surface area contributed by atoms with E-state index in [1.54, 1.807) is 6.92 Å². The first-order valence-electron chi connectivity index (χ1n) is 5.09. The van der Waals surface area contributed by atoms with Crippen molar-refractivity contribution in [1.29, 1.82) is 5.26 Å². The summed E-state index contributed by atoms with van der Waals surface area (Å²) in [6.07, 6.45) is 0. The molecular weight excluding hydrogens is 278 g/mol. The Balaban J connectivity index is 2.56. The van der Waals surface area contributed by atoms with E-state index < -0.39 is 6.61 Å². The van der Waals surface area contributed by atoms with Gasteiger partial charge in [0.25, 0.3) is 0 Å². The second kappa shape index (κ2) is 5.20. The molecular formula is C11H7ClF2N4O. The van der Waals surface area contributed by atoms with Gasteiger partial charge in [0.15, 0.2) is 17.3 Å². The van der Waals surface area contributed by atoms with Crippen molar-refractivity contribution >= 4 is 11.6 Å². The van der Waals surface area contributed by atoms with Crippen LogP contribution in [-0.2, 0) is 0 Å². The van der Waals surface area contributed by atoms with Crippen LogP contribution in [0.25, 0.3) is 5.82 Å². The van der Waals surface area contributed by atoms with Crippen LogP contribution in [0, 0.1) is 18.3 Å². The number of hydrogen-bond donors (Lipinski definition) is 0. The molecule has 0 aliphatic rings. The lowest BCUT2D eigenvalue weighted by Crippen LogP contribution is -2.09. The van der Waals surface area contributed by atoms with Crippen LogP contribution >= 0.6 is 11.6 Å². The van der Waals surface area contributed by atoms with Crippen LogP contribution in [0.3, 0.4) is 0 Å². The van der Waals surface area contributed by atoms with E-state index in [9.17, 15) is 8.78 Å². The van der Waals surface area contributed by atoms with E-state index in [0.717, 1.165) is 0 Å². The van der Waals surface area contributed by atoms with E-state index in [-0.39, 0.29) is 22.4 Å². The summed E-state index contributed by atoms with van der Waals surface area (Å²) in [5, 5.41) is 12.8. The van der Waals surface area contributed by atoms with Crippen molar-refractivity contribution in [3.8, 4) is 17.6 Å². The van der Waals surface area contributed by atoms with Crippen LogP contribution in [0.2, 0.25) is 5.15 Å². The number of nitrogens with zero attached hydrogens (tertiary/aromatic N) is 4. The second-order valence-electron chi connectivity index (χ2n) is 3.53. The number of rotatable bonds is 3. The Bertz CT molecular complexity index is 651. The molecule has 5 nitrogen and oxygen atoms in total. The lowest BCUT2D eigenvalue weighted by Gasteiger charge is -2.10. The summed E-state index contributed by atoms with van der Waals surface area (Å²) >= 11 is 5.74. The maximum absolute atomic E-state index is 12.3. The summed E-state index contributed by atoms with van der Waals surface area (Å²) in [5.74, 6) is -0.165. The summed E-state index contributed by atoms with van der Waals surface area (Å²) in [6, 6.07) is 5.94.